The normalized spacial score (nSPS) is 13.9. The summed E-state index contributed by atoms with van der Waals surface area (Å²) in [5, 5.41) is 4.97. The molecule has 3 rings (SSSR count). The van der Waals surface area contributed by atoms with E-state index >= 15 is 0 Å². The Morgan fingerprint density at radius 3 is 2.41 bits per heavy atom. The molecular weight excluding hydrogens is 345 g/mol. The van der Waals surface area contributed by atoms with E-state index in [4.69, 9.17) is 0 Å². The van der Waals surface area contributed by atoms with Gasteiger partial charge in [-0.15, -0.1) is 0 Å². The van der Waals surface area contributed by atoms with Crippen LogP contribution in [0.3, 0.4) is 0 Å². The summed E-state index contributed by atoms with van der Waals surface area (Å²) in [7, 11) is 0. The average Bonchev–Trinajstić information content (AvgIpc) is 2.69. The highest BCUT2D eigenvalue weighted by molar-refractivity contribution is 6.39. The Morgan fingerprint density at radius 2 is 1.70 bits per heavy atom. The fraction of sp³-hybridized carbons (Fsp3) is 0.333. The summed E-state index contributed by atoms with van der Waals surface area (Å²) in [5.74, 6) is -2.01. The van der Waals surface area contributed by atoms with Crippen LogP contribution in [0.25, 0.3) is 0 Å². The lowest BCUT2D eigenvalue weighted by molar-refractivity contribution is -0.136. The molecule has 2 N–H and O–H groups in total. The number of nitrogens with zero attached hydrogens (tertiary/aromatic N) is 1. The molecule has 0 spiro atoms. The van der Waals surface area contributed by atoms with Crippen molar-refractivity contribution >= 4 is 23.2 Å². The van der Waals surface area contributed by atoms with Crippen LogP contribution in [0, 0.1) is 5.82 Å². The van der Waals surface area contributed by atoms with E-state index in [0.29, 0.717) is 13.0 Å². The van der Waals surface area contributed by atoms with E-state index in [1.807, 2.05) is 0 Å². The Hall–Kier alpha value is -2.89. The predicted molar refractivity (Wildman–Crippen MR) is 104 cm³/mol. The van der Waals surface area contributed by atoms with E-state index in [9.17, 15) is 14.0 Å². The van der Waals surface area contributed by atoms with Crippen molar-refractivity contribution < 1.29 is 14.0 Å². The Balaban J connectivity index is 1.43. The summed E-state index contributed by atoms with van der Waals surface area (Å²) in [6.07, 6.45) is 4.43. The van der Waals surface area contributed by atoms with Gasteiger partial charge in [0, 0.05) is 31.0 Å². The topological polar surface area (TPSA) is 61.4 Å². The molecule has 1 fully saturated rings. The summed E-state index contributed by atoms with van der Waals surface area (Å²) in [5.41, 5.74) is 2.59. The standard InChI is InChI=1S/C21H24FN3O2/c22-17-5-4-6-18(15-17)24-21(27)20(26)23-12-11-16-7-9-19(10-8-16)25-13-2-1-3-14-25/h4-10,15H,1-3,11-14H2,(H,23,26)(H,24,27). The number of anilines is 2. The van der Waals surface area contributed by atoms with Gasteiger partial charge in [0.15, 0.2) is 0 Å². The number of nitrogens with one attached hydrogen (secondary N) is 2. The summed E-state index contributed by atoms with van der Waals surface area (Å²) in [4.78, 5) is 26.1. The van der Waals surface area contributed by atoms with E-state index in [1.54, 1.807) is 0 Å². The van der Waals surface area contributed by atoms with E-state index in [1.165, 1.54) is 43.1 Å². The molecule has 142 valence electrons. The van der Waals surface area contributed by atoms with Crippen molar-refractivity contribution in [2.24, 2.45) is 0 Å². The molecule has 27 heavy (non-hydrogen) atoms. The zero-order chi connectivity index (χ0) is 19.1. The first-order valence-corrected chi connectivity index (χ1v) is 9.30. The maximum atomic E-state index is 13.1. The van der Waals surface area contributed by atoms with Gasteiger partial charge in [0.05, 0.1) is 0 Å². The molecule has 0 aliphatic carbocycles. The van der Waals surface area contributed by atoms with E-state index in [2.05, 4.69) is 39.8 Å². The van der Waals surface area contributed by atoms with Crippen LogP contribution in [0.1, 0.15) is 24.8 Å². The first kappa shape index (κ1) is 18.9. The lowest BCUT2D eigenvalue weighted by Crippen LogP contribution is -2.36. The number of hydrogen-bond donors (Lipinski definition) is 2. The first-order valence-electron chi connectivity index (χ1n) is 9.30. The minimum Gasteiger partial charge on any atom is -0.372 e. The predicted octanol–water partition coefficient (Wildman–Crippen LogP) is 3.11. The highest BCUT2D eigenvalue weighted by Crippen LogP contribution is 2.20. The van der Waals surface area contributed by atoms with Crippen LogP contribution in [0.15, 0.2) is 48.5 Å². The third kappa shape index (κ3) is 5.54. The molecule has 0 radical (unpaired) electrons. The van der Waals surface area contributed by atoms with E-state index in [-0.39, 0.29) is 5.69 Å². The smallest absolute Gasteiger partial charge is 0.313 e. The maximum absolute atomic E-state index is 13.1. The highest BCUT2D eigenvalue weighted by atomic mass is 19.1. The van der Waals surface area contributed by atoms with Gasteiger partial charge in [-0.05, 0) is 61.6 Å². The second kappa shape index (κ2) is 9.16. The van der Waals surface area contributed by atoms with Crippen molar-refractivity contribution in [3.63, 3.8) is 0 Å². The van der Waals surface area contributed by atoms with Crippen LogP contribution in [0.4, 0.5) is 15.8 Å². The fourth-order valence-corrected chi connectivity index (χ4v) is 3.18. The molecule has 0 atom stereocenters. The van der Waals surface area contributed by atoms with E-state index < -0.39 is 17.6 Å². The quantitative estimate of drug-likeness (QED) is 0.796. The number of benzene rings is 2. The molecule has 2 aromatic carbocycles. The molecule has 0 aromatic heterocycles. The zero-order valence-corrected chi connectivity index (χ0v) is 15.2. The number of carbonyl (C=O) groups is 2. The molecule has 5 nitrogen and oxygen atoms in total. The number of rotatable bonds is 5. The molecule has 0 saturated carbocycles. The lowest BCUT2D eigenvalue weighted by atomic mass is 10.1. The van der Waals surface area contributed by atoms with Crippen molar-refractivity contribution in [3.8, 4) is 0 Å². The van der Waals surface area contributed by atoms with Crippen LogP contribution in [-0.2, 0) is 16.0 Å². The molecule has 1 saturated heterocycles. The molecule has 0 unspecified atom stereocenters. The lowest BCUT2D eigenvalue weighted by Gasteiger charge is -2.28. The Kier molecular flexibility index (Phi) is 6.41. The van der Waals surface area contributed by atoms with Gasteiger partial charge in [0.1, 0.15) is 5.82 Å². The average molecular weight is 369 g/mol. The second-order valence-electron chi connectivity index (χ2n) is 6.68. The summed E-state index contributed by atoms with van der Waals surface area (Å²) < 4.78 is 13.1. The van der Waals surface area contributed by atoms with Crippen molar-refractivity contribution in [1.29, 1.82) is 0 Å². The number of halogens is 1. The Labute approximate surface area is 158 Å². The molecule has 0 bridgehead atoms. The van der Waals surface area contributed by atoms with Crippen molar-refractivity contribution in [2.45, 2.75) is 25.7 Å². The first-order chi connectivity index (χ1) is 13.1. The van der Waals surface area contributed by atoms with Crippen LogP contribution >= 0.6 is 0 Å². The number of carbonyl (C=O) groups excluding carboxylic acids is 2. The number of hydrogen-bond acceptors (Lipinski definition) is 3. The Bertz CT molecular complexity index is 786. The molecule has 1 aliphatic heterocycles. The van der Waals surface area contributed by atoms with Crippen LogP contribution in [0.5, 0.6) is 0 Å². The second-order valence-corrected chi connectivity index (χ2v) is 6.68. The van der Waals surface area contributed by atoms with Gasteiger partial charge in [-0.25, -0.2) is 4.39 Å². The third-order valence-electron chi connectivity index (χ3n) is 4.65. The SMILES string of the molecule is O=C(NCCc1ccc(N2CCCCC2)cc1)C(=O)Nc1cccc(F)c1. The van der Waals surface area contributed by atoms with Crippen molar-refractivity contribution in [3.05, 3.63) is 59.9 Å². The Morgan fingerprint density at radius 1 is 0.963 bits per heavy atom. The highest BCUT2D eigenvalue weighted by Gasteiger charge is 2.14. The maximum Gasteiger partial charge on any atom is 0.313 e. The molecule has 6 heteroatoms. The minimum absolute atomic E-state index is 0.253. The van der Waals surface area contributed by atoms with Crippen molar-refractivity contribution in [2.75, 3.05) is 29.9 Å². The van der Waals surface area contributed by atoms with Gasteiger partial charge >= 0.3 is 11.8 Å². The summed E-state index contributed by atoms with van der Waals surface area (Å²) >= 11 is 0. The molecule has 2 aromatic rings. The fourth-order valence-electron chi connectivity index (χ4n) is 3.18. The van der Waals surface area contributed by atoms with Crippen LogP contribution in [-0.4, -0.2) is 31.4 Å². The zero-order valence-electron chi connectivity index (χ0n) is 15.2. The summed E-state index contributed by atoms with van der Waals surface area (Å²) in [6.45, 7) is 2.57. The van der Waals surface area contributed by atoms with Crippen LogP contribution < -0.4 is 15.5 Å². The van der Waals surface area contributed by atoms with Crippen LogP contribution in [0.2, 0.25) is 0 Å². The van der Waals surface area contributed by atoms with E-state index in [0.717, 1.165) is 24.7 Å². The molecule has 1 heterocycles. The monoisotopic (exact) mass is 369 g/mol. The van der Waals surface area contributed by atoms with Gasteiger partial charge < -0.3 is 15.5 Å². The third-order valence-corrected chi connectivity index (χ3v) is 4.65. The minimum atomic E-state index is -0.805. The molecule has 2 amide bonds. The number of piperidine rings is 1. The number of amides is 2. The van der Waals surface area contributed by atoms with Gasteiger partial charge in [-0.1, -0.05) is 18.2 Å². The largest absolute Gasteiger partial charge is 0.372 e. The van der Waals surface area contributed by atoms with Gasteiger partial charge in [-0.3, -0.25) is 9.59 Å². The molecule has 1 aliphatic rings. The van der Waals surface area contributed by atoms with Gasteiger partial charge in [0.2, 0.25) is 0 Å². The van der Waals surface area contributed by atoms with Crippen molar-refractivity contribution in [1.82, 2.24) is 5.32 Å². The summed E-state index contributed by atoms with van der Waals surface area (Å²) in [6, 6.07) is 13.8. The molecular formula is C21H24FN3O2. The van der Waals surface area contributed by atoms with Gasteiger partial charge in [-0.2, -0.15) is 0 Å². The van der Waals surface area contributed by atoms with Gasteiger partial charge in [0.25, 0.3) is 0 Å².